The van der Waals surface area contributed by atoms with Gasteiger partial charge >= 0.3 is 0 Å². The van der Waals surface area contributed by atoms with Crippen molar-refractivity contribution in [1.82, 2.24) is 10.2 Å². The molecular formula is C35H37Cl2N3O5S. The van der Waals surface area contributed by atoms with E-state index in [1.165, 1.54) is 35.2 Å². The highest BCUT2D eigenvalue weighted by Crippen LogP contribution is 2.28. The Hall–Kier alpha value is -4.05. The monoisotopic (exact) mass is 681 g/mol. The van der Waals surface area contributed by atoms with Crippen LogP contribution in [0.5, 0.6) is 5.75 Å². The number of carbonyl (C=O) groups excluding carboxylic acids is 2. The third-order valence-corrected chi connectivity index (χ3v) is 9.49. The Morgan fingerprint density at radius 2 is 1.50 bits per heavy atom. The summed E-state index contributed by atoms with van der Waals surface area (Å²) in [5.74, 6) is -0.170. The Labute approximate surface area is 280 Å². The number of nitrogens with one attached hydrogen (secondary N) is 1. The minimum absolute atomic E-state index is 0.0208. The van der Waals surface area contributed by atoms with Crippen molar-refractivity contribution in [2.75, 3.05) is 24.5 Å². The van der Waals surface area contributed by atoms with E-state index in [1.807, 2.05) is 50.2 Å². The third-order valence-electron chi connectivity index (χ3n) is 7.22. The van der Waals surface area contributed by atoms with Crippen LogP contribution in [-0.2, 0) is 32.6 Å². The molecular weight excluding hydrogens is 645 g/mol. The lowest BCUT2D eigenvalue weighted by Crippen LogP contribution is -2.53. The first-order valence-electron chi connectivity index (χ1n) is 14.8. The highest BCUT2D eigenvalue weighted by atomic mass is 35.5. The number of anilines is 1. The summed E-state index contributed by atoms with van der Waals surface area (Å²) in [7, 11) is -2.73. The predicted octanol–water partition coefficient (Wildman–Crippen LogP) is 6.61. The maximum atomic E-state index is 14.5. The number of sulfonamides is 1. The number of hydrogen-bond donors (Lipinski definition) is 1. The van der Waals surface area contributed by atoms with Gasteiger partial charge in [0, 0.05) is 29.6 Å². The van der Waals surface area contributed by atoms with E-state index in [2.05, 4.69) is 5.32 Å². The Balaban J connectivity index is 1.81. The van der Waals surface area contributed by atoms with Gasteiger partial charge in [0.1, 0.15) is 18.3 Å². The molecule has 0 aliphatic heterocycles. The van der Waals surface area contributed by atoms with Crippen molar-refractivity contribution in [3.05, 3.63) is 124 Å². The van der Waals surface area contributed by atoms with Crippen LogP contribution in [-0.4, -0.2) is 51.4 Å². The van der Waals surface area contributed by atoms with Gasteiger partial charge in [0.15, 0.2) is 0 Å². The number of amides is 2. The van der Waals surface area contributed by atoms with Crippen molar-refractivity contribution >= 4 is 50.7 Å². The average molecular weight is 683 g/mol. The van der Waals surface area contributed by atoms with Crippen molar-refractivity contribution in [2.45, 2.75) is 37.8 Å². The highest BCUT2D eigenvalue weighted by molar-refractivity contribution is 7.92. The smallest absolute Gasteiger partial charge is 0.264 e. The first-order chi connectivity index (χ1) is 22.0. The maximum absolute atomic E-state index is 14.5. The number of halogens is 2. The summed E-state index contributed by atoms with van der Waals surface area (Å²) in [6.07, 6.45) is 0.210. The molecule has 0 aliphatic rings. The maximum Gasteiger partial charge on any atom is 0.264 e. The highest BCUT2D eigenvalue weighted by Gasteiger charge is 2.34. The van der Waals surface area contributed by atoms with Gasteiger partial charge < -0.3 is 15.0 Å². The van der Waals surface area contributed by atoms with E-state index in [4.69, 9.17) is 27.9 Å². The zero-order valence-corrected chi connectivity index (χ0v) is 28.2. The normalized spacial score (nSPS) is 12.0. The fourth-order valence-corrected chi connectivity index (χ4v) is 6.55. The zero-order chi connectivity index (χ0) is 33.3. The second kappa shape index (κ2) is 16.0. The average Bonchev–Trinajstić information content (AvgIpc) is 3.04. The molecule has 1 atom stereocenters. The number of ether oxygens (including phenoxy) is 1. The second-order valence-electron chi connectivity index (χ2n) is 11.2. The van der Waals surface area contributed by atoms with Crippen LogP contribution in [0.2, 0.25) is 10.0 Å². The Kier molecular flexibility index (Phi) is 12.1. The van der Waals surface area contributed by atoms with E-state index in [0.29, 0.717) is 27.9 Å². The Morgan fingerprint density at radius 3 is 2.15 bits per heavy atom. The third kappa shape index (κ3) is 9.25. The molecule has 0 radical (unpaired) electrons. The summed E-state index contributed by atoms with van der Waals surface area (Å²) in [6, 6.07) is 27.6. The van der Waals surface area contributed by atoms with Gasteiger partial charge in [0.05, 0.1) is 17.7 Å². The molecule has 0 spiro atoms. The number of carbonyl (C=O) groups is 2. The summed E-state index contributed by atoms with van der Waals surface area (Å²) in [4.78, 5) is 29.8. The van der Waals surface area contributed by atoms with Crippen LogP contribution in [0.3, 0.4) is 0 Å². The number of methoxy groups -OCH3 is 1. The van der Waals surface area contributed by atoms with E-state index in [1.54, 1.807) is 43.5 Å². The fourth-order valence-electron chi connectivity index (χ4n) is 4.84. The van der Waals surface area contributed by atoms with Gasteiger partial charge in [-0.25, -0.2) is 8.42 Å². The SMILES string of the molecule is COc1cccc(CN(C(=O)CN(c2cccc(Cl)c2)S(=O)(=O)c2ccc(Cl)cc2)[C@@H](Cc2ccccc2)C(=O)NCC(C)C)c1. The molecule has 11 heteroatoms. The molecule has 242 valence electrons. The van der Waals surface area contributed by atoms with E-state index >= 15 is 0 Å². The number of rotatable bonds is 14. The molecule has 0 heterocycles. The van der Waals surface area contributed by atoms with Crippen LogP contribution in [0, 0.1) is 5.92 Å². The van der Waals surface area contributed by atoms with E-state index in [9.17, 15) is 18.0 Å². The summed E-state index contributed by atoms with van der Waals surface area (Å²) in [5, 5.41) is 3.64. The molecule has 0 aromatic heterocycles. The molecule has 2 amide bonds. The molecule has 0 saturated heterocycles. The van der Waals surface area contributed by atoms with Crippen LogP contribution in [0.1, 0.15) is 25.0 Å². The molecule has 4 aromatic carbocycles. The Bertz CT molecular complexity index is 1730. The number of hydrogen-bond acceptors (Lipinski definition) is 5. The summed E-state index contributed by atoms with van der Waals surface area (Å²) in [6.45, 7) is 3.79. The lowest BCUT2D eigenvalue weighted by molar-refractivity contribution is -0.140. The summed E-state index contributed by atoms with van der Waals surface area (Å²) in [5.41, 5.74) is 1.74. The van der Waals surface area contributed by atoms with Crippen molar-refractivity contribution in [3.8, 4) is 5.75 Å². The molecule has 0 saturated carbocycles. The number of nitrogens with zero attached hydrogens (tertiary/aromatic N) is 2. The van der Waals surface area contributed by atoms with Crippen LogP contribution in [0.4, 0.5) is 5.69 Å². The quantitative estimate of drug-likeness (QED) is 0.162. The second-order valence-corrected chi connectivity index (χ2v) is 13.9. The van der Waals surface area contributed by atoms with Crippen molar-refractivity contribution in [3.63, 3.8) is 0 Å². The van der Waals surface area contributed by atoms with Crippen LogP contribution >= 0.6 is 23.2 Å². The lowest BCUT2D eigenvalue weighted by Gasteiger charge is -2.34. The van der Waals surface area contributed by atoms with Gasteiger partial charge in [0.2, 0.25) is 11.8 Å². The van der Waals surface area contributed by atoms with Gasteiger partial charge in [-0.2, -0.15) is 0 Å². The Morgan fingerprint density at radius 1 is 0.826 bits per heavy atom. The first-order valence-corrected chi connectivity index (χ1v) is 17.0. The molecule has 0 bridgehead atoms. The van der Waals surface area contributed by atoms with Gasteiger partial charge in [-0.15, -0.1) is 0 Å². The fraction of sp³-hybridized carbons (Fsp3) is 0.257. The minimum atomic E-state index is -4.28. The van der Waals surface area contributed by atoms with Crippen molar-refractivity contribution < 1.29 is 22.7 Å². The van der Waals surface area contributed by atoms with E-state index in [-0.39, 0.29) is 35.4 Å². The standard InChI is InChI=1S/C35H37Cl2N3O5S/c1-25(2)22-38-35(42)33(20-26-9-5-4-6-10-26)39(23-27-11-7-14-31(19-27)45-3)34(41)24-40(30-13-8-12-29(37)21-30)46(43,44)32-17-15-28(36)16-18-32/h4-19,21,25,33H,20,22-24H2,1-3H3,(H,38,42)/t33-/m0/s1. The van der Waals surface area contributed by atoms with Crippen LogP contribution in [0.15, 0.2) is 108 Å². The molecule has 46 heavy (non-hydrogen) atoms. The topological polar surface area (TPSA) is 96.0 Å². The summed E-state index contributed by atoms with van der Waals surface area (Å²) >= 11 is 12.3. The molecule has 0 fully saturated rings. The van der Waals surface area contributed by atoms with Crippen molar-refractivity contribution in [2.24, 2.45) is 5.92 Å². The van der Waals surface area contributed by atoms with Crippen LogP contribution < -0.4 is 14.4 Å². The van der Waals surface area contributed by atoms with Gasteiger partial charge in [0.25, 0.3) is 10.0 Å². The van der Waals surface area contributed by atoms with Gasteiger partial charge in [-0.05, 0) is 71.6 Å². The first kappa shape index (κ1) is 34.8. The largest absolute Gasteiger partial charge is 0.497 e. The predicted molar refractivity (Wildman–Crippen MR) is 183 cm³/mol. The molecule has 0 unspecified atom stereocenters. The molecule has 4 rings (SSSR count). The molecule has 8 nitrogen and oxygen atoms in total. The van der Waals surface area contributed by atoms with Gasteiger partial charge in [-0.3, -0.25) is 13.9 Å². The number of benzene rings is 4. The van der Waals surface area contributed by atoms with Gasteiger partial charge in [-0.1, -0.05) is 85.6 Å². The zero-order valence-electron chi connectivity index (χ0n) is 25.9. The summed E-state index contributed by atoms with van der Waals surface area (Å²) < 4.78 is 34.6. The minimum Gasteiger partial charge on any atom is -0.497 e. The van der Waals surface area contributed by atoms with E-state index in [0.717, 1.165) is 9.87 Å². The van der Waals surface area contributed by atoms with E-state index < -0.39 is 28.5 Å². The molecule has 4 aromatic rings. The van der Waals surface area contributed by atoms with Crippen molar-refractivity contribution in [1.29, 1.82) is 0 Å². The van der Waals surface area contributed by atoms with Crippen LogP contribution in [0.25, 0.3) is 0 Å². The molecule has 1 N–H and O–H groups in total. The lowest BCUT2D eigenvalue weighted by atomic mass is 10.0. The molecule has 0 aliphatic carbocycles.